The van der Waals surface area contributed by atoms with Crippen LogP contribution in [0.15, 0.2) is 23.0 Å². The Labute approximate surface area is 116 Å². The first kappa shape index (κ1) is 12.9. The first-order valence-electron chi connectivity index (χ1n) is 6.83. The number of nitrogens with two attached hydrogens (primary N) is 1. The number of H-pyrrole nitrogens is 1. The van der Waals surface area contributed by atoms with Crippen molar-refractivity contribution < 1.29 is 5.11 Å². The largest absolute Gasteiger partial charge is 0.399 e. The van der Waals surface area contributed by atoms with Crippen LogP contribution in [0.5, 0.6) is 0 Å². The van der Waals surface area contributed by atoms with Gasteiger partial charge in [0.25, 0.3) is 5.56 Å². The summed E-state index contributed by atoms with van der Waals surface area (Å²) < 4.78 is 0. The Morgan fingerprint density at radius 1 is 1.50 bits per heavy atom. The van der Waals surface area contributed by atoms with Gasteiger partial charge in [0.15, 0.2) is 0 Å². The molecule has 0 aliphatic carbocycles. The Kier molecular flexibility index (Phi) is 3.31. The van der Waals surface area contributed by atoms with E-state index in [9.17, 15) is 4.79 Å². The second-order valence-corrected chi connectivity index (χ2v) is 5.28. The molecule has 1 atom stereocenters. The van der Waals surface area contributed by atoms with E-state index in [1.54, 1.807) is 18.2 Å². The lowest BCUT2D eigenvalue weighted by molar-refractivity contribution is 0.263. The molecule has 1 aliphatic heterocycles. The van der Waals surface area contributed by atoms with E-state index in [2.05, 4.69) is 14.9 Å². The molecule has 0 radical (unpaired) electrons. The van der Waals surface area contributed by atoms with E-state index in [1.165, 1.54) is 0 Å². The minimum Gasteiger partial charge on any atom is -0.399 e. The van der Waals surface area contributed by atoms with Crippen molar-refractivity contribution in [1.82, 2.24) is 9.97 Å². The molecule has 1 aliphatic rings. The van der Waals surface area contributed by atoms with Crippen LogP contribution in [-0.2, 0) is 0 Å². The van der Waals surface area contributed by atoms with Crippen LogP contribution in [0.25, 0.3) is 10.9 Å². The predicted octanol–water partition coefficient (Wildman–Crippen LogP) is 0.714. The van der Waals surface area contributed by atoms with Crippen molar-refractivity contribution >= 4 is 22.5 Å². The monoisotopic (exact) mass is 274 g/mol. The number of nitrogens with one attached hydrogen (secondary N) is 1. The topological polar surface area (TPSA) is 95.2 Å². The van der Waals surface area contributed by atoms with Crippen LogP contribution in [0.2, 0.25) is 0 Å². The van der Waals surface area contributed by atoms with Crippen molar-refractivity contribution in [3.05, 3.63) is 28.6 Å². The number of fused-ring (bicyclic) bond motifs is 1. The average Bonchev–Trinajstić information content (AvgIpc) is 2.88. The van der Waals surface area contributed by atoms with Crippen molar-refractivity contribution in [3.63, 3.8) is 0 Å². The van der Waals surface area contributed by atoms with Crippen LogP contribution in [0, 0.1) is 5.92 Å². The number of rotatable bonds is 3. The summed E-state index contributed by atoms with van der Waals surface area (Å²) in [5.74, 6) is 1.07. The summed E-state index contributed by atoms with van der Waals surface area (Å²) in [7, 11) is 0. The number of hydrogen-bond donors (Lipinski definition) is 3. The molecule has 2 heterocycles. The van der Waals surface area contributed by atoms with Crippen molar-refractivity contribution in [2.45, 2.75) is 12.8 Å². The van der Waals surface area contributed by atoms with Gasteiger partial charge in [-0.25, -0.2) is 4.98 Å². The van der Waals surface area contributed by atoms with Crippen LogP contribution >= 0.6 is 0 Å². The third kappa shape index (κ3) is 2.34. The van der Waals surface area contributed by atoms with E-state index in [4.69, 9.17) is 10.8 Å². The van der Waals surface area contributed by atoms with E-state index in [-0.39, 0.29) is 12.2 Å². The number of aliphatic hydroxyl groups excluding tert-OH is 1. The summed E-state index contributed by atoms with van der Waals surface area (Å²) in [5, 5.41) is 9.50. The average molecular weight is 274 g/mol. The third-order valence-corrected chi connectivity index (χ3v) is 3.84. The normalized spacial score (nSPS) is 18.9. The molecule has 4 N–H and O–H groups in total. The van der Waals surface area contributed by atoms with Crippen molar-refractivity contribution in [2.24, 2.45) is 5.92 Å². The Morgan fingerprint density at radius 2 is 2.35 bits per heavy atom. The maximum Gasteiger partial charge on any atom is 0.260 e. The molecule has 0 bridgehead atoms. The highest BCUT2D eigenvalue weighted by Gasteiger charge is 2.24. The zero-order valence-corrected chi connectivity index (χ0v) is 11.2. The van der Waals surface area contributed by atoms with E-state index in [1.807, 2.05) is 0 Å². The van der Waals surface area contributed by atoms with Gasteiger partial charge in [-0.1, -0.05) is 0 Å². The summed E-state index contributed by atoms with van der Waals surface area (Å²) in [4.78, 5) is 21.5. The summed E-state index contributed by atoms with van der Waals surface area (Å²) in [6, 6.07) is 5.16. The fourth-order valence-electron chi connectivity index (χ4n) is 2.74. The van der Waals surface area contributed by atoms with Gasteiger partial charge in [-0.15, -0.1) is 0 Å². The van der Waals surface area contributed by atoms with Gasteiger partial charge in [0.05, 0.1) is 10.9 Å². The van der Waals surface area contributed by atoms with Crippen molar-refractivity contribution in [1.29, 1.82) is 0 Å². The van der Waals surface area contributed by atoms with E-state index >= 15 is 0 Å². The fourth-order valence-corrected chi connectivity index (χ4v) is 2.74. The van der Waals surface area contributed by atoms with Crippen LogP contribution in [-0.4, -0.2) is 34.8 Å². The van der Waals surface area contributed by atoms with Crippen molar-refractivity contribution in [2.75, 3.05) is 30.3 Å². The number of hydrogen-bond acceptors (Lipinski definition) is 5. The number of aliphatic hydroxyl groups is 1. The zero-order valence-electron chi connectivity index (χ0n) is 11.2. The van der Waals surface area contributed by atoms with E-state index < -0.39 is 0 Å². The Balaban J connectivity index is 1.94. The van der Waals surface area contributed by atoms with Gasteiger partial charge in [-0.05, 0) is 37.0 Å². The minimum atomic E-state index is -0.164. The smallest absolute Gasteiger partial charge is 0.260 e. The molecule has 2 aromatic rings. The van der Waals surface area contributed by atoms with Crippen molar-refractivity contribution in [3.8, 4) is 0 Å². The van der Waals surface area contributed by atoms with Crippen LogP contribution < -0.4 is 16.2 Å². The summed E-state index contributed by atoms with van der Waals surface area (Å²) >= 11 is 0. The molecule has 3 rings (SSSR count). The van der Waals surface area contributed by atoms with Gasteiger partial charge >= 0.3 is 0 Å². The first-order chi connectivity index (χ1) is 9.67. The molecular weight excluding hydrogens is 256 g/mol. The summed E-state index contributed by atoms with van der Waals surface area (Å²) in [6.45, 7) is 1.89. The first-order valence-corrected chi connectivity index (χ1v) is 6.83. The summed E-state index contributed by atoms with van der Waals surface area (Å²) in [5.41, 5.74) is 6.74. The number of benzene rings is 1. The molecule has 20 heavy (non-hydrogen) atoms. The van der Waals surface area contributed by atoms with Crippen LogP contribution in [0.1, 0.15) is 12.8 Å². The van der Waals surface area contributed by atoms with Gasteiger partial charge in [0.1, 0.15) is 0 Å². The molecule has 1 aromatic heterocycles. The lowest BCUT2D eigenvalue weighted by Gasteiger charge is -2.17. The summed E-state index contributed by atoms with van der Waals surface area (Å²) in [6.07, 6.45) is 1.81. The Morgan fingerprint density at radius 3 is 3.15 bits per heavy atom. The van der Waals surface area contributed by atoms with Crippen LogP contribution in [0.3, 0.4) is 0 Å². The highest BCUT2D eigenvalue weighted by atomic mass is 16.3. The lowest BCUT2D eigenvalue weighted by Crippen LogP contribution is -2.25. The molecule has 0 saturated carbocycles. The Bertz CT molecular complexity index is 682. The molecule has 1 fully saturated rings. The molecule has 1 aromatic carbocycles. The number of aromatic nitrogens is 2. The van der Waals surface area contributed by atoms with Gasteiger partial charge in [-0.3, -0.25) is 9.78 Å². The van der Waals surface area contributed by atoms with Crippen LogP contribution in [0.4, 0.5) is 11.6 Å². The zero-order chi connectivity index (χ0) is 14.1. The predicted molar refractivity (Wildman–Crippen MR) is 78.8 cm³/mol. The second kappa shape index (κ2) is 5.13. The number of anilines is 2. The molecule has 106 valence electrons. The fraction of sp³-hybridized carbons (Fsp3) is 0.429. The minimum absolute atomic E-state index is 0.164. The molecule has 1 unspecified atom stereocenters. The standard InChI is InChI=1S/C14H18N4O2/c15-10-1-2-12-11(7-10)13(20)17-14(16-12)18-5-3-9(8-18)4-6-19/h1-2,7,9,19H,3-6,8,15H2,(H,16,17,20). The van der Waals surface area contributed by atoms with Gasteiger partial charge in [0, 0.05) is 25.4 Å². The van der Waals surface area contributed by atoms with E-state index in [0.29, 0.717) is 28.5 Å². The quantitative estimate of drug-likeness (QED) is 0.717. The second-order valence-electron chi connectivity index (χ2n) is 5.28. The highest BCUT2D eigenvalue weighted by molar-refractivity contribution is 5.81. The SMILES string of the molecule is Nc1ccc2nc(N3CCC(CCO)C3)[nH]c(=O)c2c1. The lowest BCUT2D eigenvalue weighted by atomic mass is 10.1. The molecular formula is C14H18N4O2. The number of nitrogen functional groups attached to an aromatic ring is 1. The van der Waals surface area contributed by atoms with Gasteiger partial charge < -0.3 is 15.7 Å². The number of nitrogens with zero attached hydrogens (tertiary/aromatic N) is 2. The molecule has 6 heteroatoms. The number of aromatic amines is 1. The third-order valence-electron chi connectivity index (χ3n) is 3.84. The molecule has 6 nitrogen and oxygen atoms in total. The van der Waals surface area contributed by atoms with E-state index in [0.717, 1.165) is 25.9 Å². The highest BCUT2D eigenvalue weighted by Crippen LogP contribution is 2.23. The molecule has 0 spiro atoms. The van der Waals surface area contributed by atoms with Gasteiger partial charge in [0.2, 0.25) is 5.95 Å². The Hall–Kier alpha value is -2.08. The maximum atomic E-state index is 12.1. The molecule has 0 amide bonds. The molecule has 1 saturated heterocycles. The van der Waals surface area contributed by atoms with Gasteiger partial charge in [-0.2, -0.15) is 0 Å². The maximum absolute atomic E-state index is 12.1.